The summed E-state index contributed by atoms with van der Waals surface area (Å²) < 4.78 is 5.30. The van der Waals surface area contributed by atoms with Gasteiger partial charge in [0, 0.05) is 13.5 Å². The van der Waals surface area contributed by atoms with E-state index in [0.29, 0.717) is 5.92 Å². The number of Topliss-reactive ketones (excluding diaryl/α,β-unsaturated/α-hetero) is 1. The minimum absolute atomic E-state index is 0.0738. The second-order valence-corrected chi connectivity index (χ2v) is 5.45. The van der Waals surface area contributed by atoms with E-state index in [-0.39, 0.29) is 17.3 Å². The number of hydrogen-bond donors (Lipinski definition) is 0. The van der Waals surface area contributed by atoms with Gasteiger partial charge in [0.25, 0.3) is 0 Å². The van der Waals surface area contributed by atoms with Crippen LogP contribution in [0.2, 0.25) is 0 Å². The topological polar surface area (TPSA) is 26.3 Å². The summed E-state index contributed by atoms with van der Waals surface area (Å²) in [6, 6.07) is 0. The zero-order valence-corrected chi connectivity index (χ0v) is 9.80. The molecule has 0 aliphatic heterocycles. The summed E-state index contributed by atoms with van der Waals surface area (Å²) in [7, 11) is 1.63. The molecule has 0 bridgehead atoms. The molecule has 1 rings (SSSR count). The Labute approximate surface area is 87.0 Å². The minimum atomic E-state index is -0.233. The lowest BCUT2D eigenvalue weighted by atomic mass is 9.77. The molecule has 2 nitrogen and oxygen atoms in total. The summed E-state index contributed by atoms with van der Waals surface area (Å²) in [6.07, 6.45) is 4.24. The normalized spacial score (nSPS) is 20.3. The third kappa shape index (κ3) is 2.81. The first-order valence-corrected chi connectivity index (χ1v) is 5.50. The maximum atomic E-state index is 11.9. The van der Waals surface area contributed by atoms with Crippen molar-refractivity contribution in [3.63, 3.8) is 0 Å². The zero-order chi connectivity index (χ0) is 10.8. The Hall–Kier alpha value is -0.370. The van der Waals surface area contributed by atoms with Gasteiger partial charge in [0.2, 0.25) is 0 Å². The summed E-state index contributed by atoms with van der Waals surface area (Å²) in [5.74, 6) is 0.923. The van der Waals surface area contributed by atoms with E-state index >= 15 is 0 Å². The van der Waals surface area contributed by atoms with Crippen LogP contribution in [0.3, 0.4) is 0 Å². The Bertz CT molecular complexity index is 199. The third-order valence-corrected chi connectivity index (χ3v) is 3.03. The van der Waals surface area contributed by atoms with Gasteiger partial charge in [0.15, 0.2) is 5.78 Å². The molecular weight excluding hydrogens is 176 g/mol. The molecule has 14 heavy (non-hydrogen) atoms. The van der Waals surface area contributed by atoms with Gasteiger partial charge in [-0.2, -0.15) is 0 Å². The van der Waals surface area contributed by atoms with E-state index in [0.717, 1.165) is 6.42 Å². The van der Waals surface area contributed by atoms with Crippen LogP contribution in [0.25, 0.3) is 0 Å². The molecule has 0 aromatic carbocycles. The van der Waals surface area contributed by atoms with E-state index in [1.54, 1.807) is 7.11 Å². The average Bonchev–Trinajstić information content (AvgIpc) is 1.95. The number of carbonyl (C=O) groups excluding carboxylic acids is 1. The van der Waals surface area contributed by atoms with Crippen LogP contribution in [0.1, 0.15) is 46.5 Å². The van der Waals surface area contributed by atoms with Crippen LogP contribution < -0.4 is 0 Å². The number of rotatable bonds is 4. The maximum absolute atomic E-state index is 11.9. The monoisotopic (exact) mass is 198 g/mol. The molecule has 1 saturated carbocycles. The third-order valence-electron chi connectivity index (χ3n) is 3.03. The molecule has 82 valence electrons. The lowest BCUT2D eigenvalue weighted by Gasteiger charge is -2.31. The van der Waals surface area contributed by atoms with E-state index in [2.05, 4.69) is 20.8 Å². The smallest absolute Gasteiger partial charge is 0.162 e. The van der Waals surface area contributed by atoms with Gasteiger partial charge in [-0.05, 0) is 11.3 Å². The Kier molecular flexibility index (Phi) is 3.71. The van der Waals surface area contributed by atoms with Crippen molar-refractivity contribution in [1.82, 2.24) is 0 Å². The van der Waals surface area contributed by atoms with E-state index in [1.165, 1.54) is 19.3 Å². The summed E-state index contributed by atoms with van der Waals surface area (Å²) in [5.41, 5.74) is -0.0738. The van der Waals surface area contributed by atoms with Gasteiger partial charge in [-0.25, -0.2) is 0 Å². The van der Waals surface area contributed by atoms with Crippen LogP contribution in [-0.2, 0) is 9.53 Å². The molecule has 0 N–H and O–H groups in total. The second-order valence-electron chi connectivity index (χ2n) is 5.45. The van der Waals surface area contributed by atoms with Crippen LogP contribution in [0.4, 0.5) is 0 Å². The zero-order valence-electron chi connectivity index (χ0n) is 9.80. The molecule has 0 aromatic heterocycles. The van der Waals surface area contributed by atoms with Crippen LogP contribution >= 0.6 is 0 Å². The van der Waals surface area contributed by atoms with Gasteiger partial charge in [0.1, 0.15) is 6.10 Å². The van der Waals surface area contributed by atoms with Crippen molar-refractivity contribution in [3.05, 3.63) is 0 Å². The van der Waals surface area contributed by atoms with Gasteiger partial charge in [0.05, 0.1) is 0 Å². The molecule has 0 radical (unpaired) electrons. The van der Waals surface area contributed by atoms with Gasteiger partial charge >= 0.3 is 0 Å². The summed E-state index contributed by atoms with van der Waals surface area (Å²) in [4.78, 5) is 11.9. The minimum Gasteiger partial charge on any atom is -0.373 e. The molecule has 1 aliphatic carbocycles. The lowest BCUT2D eigenvalue weighted by molar-refractivity contribution is -0.136. The Morgan fingerprint density at radius 1 is 1.43 bits per heavy atom. The molecule has 1 aliphatic rings. The van der Waals surface area contributed by atoms with Crippen LogP contribution in [0.5, 0.6) is 0 Å². The van der Waals surface area contributed by atoms with Crippen molar-refractivity contribution in [2.75, 3.05) is 7.11 Å². The fourth-order valence-electron chi connectivity index (χ4n) is 2.06. The van der Waals surface area contributed by atoms with Crippen LogP contribution in [-0.4, -0.2) is 19.0 Å². The predicted octanol–water partition coefficient (Wildman–Crippen LogP) is 2.81. The number of methoxy groups -OCH3 is 1. The van der Waals surface area contributed by atoms with E-state index < -0.39 is 0 Å². The highest BCUT2D eigenvalue weighted by Gasteiger charge is 2.33. The summed E-state index contributed by atoms with van der Waals surface area (Å²) in [5, 5.41) is 0. The standard InChI is InChI=1S/C12H22O2/c1-12(2,3)11(14-4)10(13)8-9-6-5-7-9/h9,11H,5-8H2,1-4H3. The second kappa shape index (κ2) is 4.43. The van der Waals surface area contributed by atoms with Crippen molar-refractivity contribution < 1.29 is 9.53 Å². The van der Waals surface area contributed by atoms with Crippen molar-refractivity contribution in [3.8, 4) is 0 Å². The van der Waals surface area contributed by atoms with E-state index in [1.807, 2.05) is 0 Å². The molecule has 2 heteroatoms. The Morgan fingerprint density at radius 3 is 2.29 bits per heavy atom. The highest BCUT2D eigenvalue weighted by Crippen LogP contribution is 2.32. The van der Waals surface area contributed by atoms with Crippen molar-refractivity contribution in [2.45, 2.75) is 52.6 Å². The van der Waals surface area contributed by atoms with Crippen molar-refractivity contribution in [1.29, 1.82) is 0 Å². The molecule has 0 saturated heterocycles. The molecule has 0 heterocycles. The first kappa shape index (κ1) is 11.7. The highest BCUT2D eigenvalue weighted by molar-refractivity contribution is 5.84. The molecule has 1 unspecified atom stereocenters. The molecular formula is C12H22O2. The van der Waals surface area contributed by atoms with Gasteiger partial charge in [-0.3, -0.25) is 4.79 Å². The van der Waals surface area contributed by atoms with Gasteiger partial charge in [-0.1, -0.05) is 40.0 Å². The van der Waals surface area contributed by atoms with E-state index in [4.69, 9.17) is 4.74 Å². The number of ether oxygens (including phenoxy) is 1. The lowest BCUT2D eigenvalue weighted by Crippen LogP contribution is -2.37. The number of carbonyl (C=O) groups is 1. The van der Waals surface area contributed by atoms with Gasteiger partial charge < -0.3 is 4.74 Å². The molecule has 0 aromatic rings. The summed E-state index contributed by atoms with van der Waals surface area (Å²) in [6.45, 7) is 6.17. The summed E-state index contributed by atoms with van der Waals surface area (Å²) >= 11 is 0. The quantitative estimate of drug-likeness (QED) is 0.694. The SMILES string of the molecule is COC(C(=O)CC1CCC1)C(C)(C)C. The molecule has 0 spiro atoms. The molecule has 1 fully saturated rings. The van der Waals surface area contributed by atoms with Crippen molar-refractivity contribution in [2.24, 2.45) is 11.3 Å². The van der Waals surface area contributed by atoms with Crippen LogP contribution in [0, 0.1) is 11.3 Å². The first-order chi connectivity index (χ1) is 6.45. The number of hydrogen-bond acceptors (Lipinski definition) is 2. The predicted molar refractivity (Wildman–Crippen MR) is 57.2 cm³/mol. The highest BCUT2D eigenvalue weighted by atomic mass is 16.5. The largest absolute Gasteiger partial charge is 0.373 e. The molecule has 0 amide bonds. The Morgan fingerprint density at radius 2 is 2.00 bits per heavy atom. The fourth-order valence-corrected chi connectivity index (χ4v) is 2.06. The van der Waals surface area contributed by atoms with Crippen LogP contribution in [0.15, 0.2) is 0 Å². The fraction of sp³-hybridized carbons (Fsp3) is 0.917. The Balaban J connectivity index is 2.47. The first-order valence-electron chi connectivity index (χ1n) is 5.50. The molecule has 1 atom stereocenters. The van der Waals surface area contributed by atoms with E-state index in [9.17, 15) is 4.79 Å². The number of ketones is 1. The maximum Gasteiger partial charge on any atom is 0.162 e. The average molecular weight is 198 g/mol. The van der Waals surface area contributed by atoms with Gasteiger partial charge in [-0.15, -0.1) is 0 Å². The van der Waals surface area contributed by atoms with Crippen molar-refractivity contribution >= 4 is 5.78 Å².